The van der Waals surface area contributed by atoms with Crippen molar-refractivity contribution >= 4 is 17.8 Å². The molecule has 2 aromatic carbocycles. The van der Waals surface area contributed by atoms with Crippen LogP contribution in [0.3, 0.4) is 0 Å². The Bertz CT molecular complexity index is 2470. The van der Waals surface area contributed by atoms with E-state index in [9.17, 15) is 0 Å². The van der Waals surface area contributed by atoms with E-state index in [4.69, 9.17) is 0 Å². The summed E-state index contributed by atoms with van der Waals surface area (Å²) in [6, 6.07) is 22.2. The quantitative estimate of drug-likeness (QED) is 0.248. The lowest BCUT2D eigenvalue weighted by Gasteiger charge is -2.39. The van der Waals surface area contributed by atoms with Gasteiger partial charge in [0, 0.05) is 40.8 Å². The van der Waals surface area contributed by atoms with E-state index in [1.165, 1.54) is 68.9 Å². The number of hydrogen-bond acceptors (Lipinski definition) is 0. The largest absolute Gasteiger partial charge is 0.317 e. The molecule has 55 heavy (non-hydrogen) atoms. The molecule has 1 aromatic heterocycles. The maximum Gasteiger partial charge on any atom is 0.0497 e. The number of nitrogens with zero attached hydrogens (tertiary/aromatic N) is 1. The van der Waals surface area contributed by atoms with Crippen molar-refractivity contribution in [1.82, 2.24) is 4.57 Å². The lowest BCUT2D eigenvalue weighted by molar-refractivity contribution is 0.633. The van der Waals surface area contributed by atoms with Crippen LogP contribution in [0, 0.1) is 5.92 Å². The van der Waals surface area contributed by atoms with Crippen LogP contribution in [0.2, 0.25) is 0 Å². The fourth-order valence-corrected chi connectivity index (χ4v) is 10.9. The first-order valence-corrected chi connectivity index (χ1v) is 21.0. The van der Waals surface area contributed by atoms with Crippen molar-refractivity contribution in [3.8, 4) is 0 Å². The summed E-state index contributed by atoms with van der Waals surface area (Å²) in [5, 5.41) is 0. The average molecular weight is 712 g/mol. The summed E-state index contributed by atoms with van der Waals surface area (Å²) in [5.74, 6) is 1.47. The summed E-state index contributed by atoms with van der Waals surface area (Å²) in [6.45, 7) is 0. The molecule has 270 valence electrons. The minimum atomic E-state index is 0.325. The Hall–Kier alpha value is -5.40. The smallest absolute Gasteiger partial charge is 0.0497 e. The SMILES string of the molecule is C1=CC(C2=CC3=C(C=C(n4c5c(c6c4CCC=C6)C4C6=C(CC(c7ccccc7)C=C6)C(C6=CCC(c7ccccc7)C=C6)=CC4C=C5)CC3)CC2)=CCC1. The number of allylic oxidation sites excluding steroid dienone is 22. The third-order valence-electron chi connectivity index (χ3n) is 13.6. The van der Waals surface area contributed by atoms with Gasteiger partial charge >= 0.3 is 0 Å². The molecule has 8 aliphatic rings. The van der Waals surface area contributed by atoms with Gasteiger partial charge in [0.2, 0.25) is 0 Å². The van der Waals surface area contributed by atoms with E-state index in [-0.39, 0.29) is 0 Å². The highest BCUT2D eigenvalue weighted by atomic mass is 15.0. The lowest BCUT2D eigenvalue weighted by Crippen LogP contribution is -2.24. The molecule has 0 bridgehead atoms. The summed E-state index contributed by atoms with van der Waals surface area (Å²) < 4.78 is 2.73. The molecule has 4 atom stereocenters. The zero-order valence-corrected chi connectivity index (χ0v) is 31.8. The van der Waals surface area contributed by atoms with Crippen LogP contribution in [0.4, 0.5) is 0 Å². The van der Waals surface area contributed by atoms with Gasteiger partial charge in [0.05, 0.1) is 0 Å². The van der Waals surface area contributed by atoms with Crippen molar-refractivity contribution in [2.45, 2.75) is 82.0 Å². The summed E-state index contributed by atoms with van der Waals surface area (Å²) in [5.41, 5.74) is 22.4. The van der Waals surface area contributed by atoms with Crippen LogP contribution in [0.25, 0.3) is 17.8 Å². The van der Waals surface area contributed by atoms with E-state index in [1.807, 2.05) is 0 Å². The molecule has 1 heterocycles. The zero-order chi connectivity index (χ0) is 36.3. The fraction of sp³-hybridized carbons (Fsp3) is 0.259. The molecule has 8 aliphatic carbocycles. The molecule has 0 N–H and O–H groups in total. The molecule has 0 fully saturated rings. The Morgan fingerprint density at radius 3 is 2.18 bits per heavy atom. The van der Waals surface area contributed by atoms with Crippen molar-refractivity contribution in [2.24, 2.45) is 5.92 Å². The van der Waals surface area contributed by atoms with Gasteiger partial charge in [-0.05, 0) is 143 Å². The minimum absolute atomic E-state index is 0.325. The average Bonchev–Trinajstić information content (AvgIpc) is 3.61. The molecule has 3 aromatic rings. The van der Waals surface area contributed by atoms with Gasteiger partial charge in [-0.2, -0.15) is 0 Å². The van der Waals surface area contributed by atoms with Gasteiger partial charge in [0.15, 0.2) is 0 Å². The highest BCUT2D eigenvalue weighted by Gasteiger charge is 2.41. The summed E-state index contributed by atoms with van der Waals surface area (Å²) in [4.78, 5) is 0. The molecule has 1 nitrogen and oxygen atoms in total. The Balaban J connectivity index is 0.998. The summed E-state index contributed by atoms with van der Waals surface area (Å²) in [6.07, 6.45) is 48.6. The van der Waals surface area contributed by atoms with Gasteiger partial charge in [-0.25, -0.2) is 0 Å². The normalized spacial score (nSPS) is 26.2. The second kappa shape index (κ2) is 13.7. The highest BCUT2D eigenvalue weighted by Crippen LogP contribution is 2.55. The van der Waals surface area contributed by atoms with Crippen molar-refractivity contribution in [2.75, 3.05) is 0 Å². The monoisotopic (exact) mass is 711 g/mol. The van der Waals surface area contributed by atoms with Gasteiger partial charge in [-0.15, -0.1) is 0 Å². The molecule has 0 radical (unpaired) electrons. The van der Waals surface area contributed by atoms with Crippen molar-refractivity contribution < 1.29 is 0 Å². The van der Waals surface area contributed by atoms with E-state index in [2.05, 4.69) is 156 Å². The van der Waals surface area contributed by atoms with Crippen molar-refractivity contribution in [3.63, 3.8) is 0 Å². The Morgan fingerprint density at radius 2 is 1.38 bits per heavy atom. The van der Waals surface area contributed by atoms with Gasteiger partial charge in [0.25, 0.3) is 0 Å². The number of hydrogen-bond donors (Lipinski definition) is 0. The first-order chi connectivity index (χ1) is 27.3. The predicted molar refractivity (Wildman–Crippen MR) is 230 cm³/mol. The maximum absolute atomic E-state index is 2.73. The lowest BCUT2D eigenvalue weighted by atomic mass is 9.65. The van der Waals surface area contributed by atoms with Gasteiger partial charge in [-0.3, -0.25) is 0 Å². The summed E-state index contributed by atoms with van der Waals surface area (Å²) in [7, 11) is 0. The molecular weight excluding hydrogens is 663 g/mol. The topological polar surface area (TPSA) is 4.93 Å². The third kappa shape index (κ3) is 5.74. The molecule has 11 rings (SSSR count). The molecular formula is C54H49N. The number of fused-ring (bicyclic) bond motifs is 6. The second-order valence-electron chi connectivity index (χ2n) is 16.7. The molecule has 0 saturated carbocycles. The van der Waals surface area contributed by atoms with Crippen LogP contribution in [-0.2, 0) is 6.42 Å². The molecule has 1 heteroatoms. The van der Waals surface area contributed by atoms with E-state index in [0.29, 0.717) is 23.7 Å². The fourth-order valence-electron chi connectivity index (χ4n) is 10.9. The Labute approximate surface area is 327 Å². The second-order valence-corrected chi connectivity index (χ2v) is 16.7. The van der Waals surface area contributed by atoms with Crippen LogP contribution in [-0.4, -0.2) is 4.57 Å². The van der Waals surface area contributed by atoms with E-state index in [0.717, 1.165) is 51.4 Å². The molecule has 0 amide bonds. The minimum Gasteiger partial charge on any atom is -0.317 e. The number of aromatic nitrogens is 1. The molecule has 0 spiro atoms. The van der Waals surface area contributed by atoms with Gasteiger partial charge in [0.1, 0.15) is 0 Å². The third-order valence-corrected chi connectivity index (χ3v) is 13.6. The van der Waals surface area contributed by atoms with Crippen LogP contribution >= 0.6 is 0 Å². The van der Waals surface area contributed by atoms with Crippen LogP contribution in [0.15, 0.2) is 184 Å². The summed E-state index contributed by atoms with van der Waals surface area (Å²) >= 11 is 0. The van der Waals surface area contributed by atoms with Crippen LogP contribution in [0.1, 0.15) is 109 Å². The zero-order valence-electron chi connectivity index (χ0n) is 31.8. The van der Waals surface area contributed by atoms with E-state index in [1.54, 1.807) is 27.9 Å². The first-order valence-electron chi connectivity index (χ1n) is 21.0. The van der Waals surface area contributed by atoms with Crippen molar-refractivity contribution in [3.05, 3.63) is 218 Å². The Kier molecular flexibility index (Phi) is 8.22. The van der Waals surface area contributed by atoms with Crippen LogP contribution in [0.5, 0.6) is 0 Å². The van der Waals surface area contributed by atoms with E-state index >= 15 is 0 Å². The number of rotatable bonds is 5. The van der Waals surface area contributed by atoms with E-state index < -0.39 is 0 Å². The maximum atomic E-state index is 2.73. The van der Waals surface area contributed by atoms with Gasteiger partial charge in [-0.1, -0.05) is 140 Å². The highest BCUT2D eigenvalue weighted by molar-refractivity contribution is 5.78. The first kappa shape index (κ1) is 33.0. The van der Waals surface area contributed by atoms with Crippen molar-refractivity contribution in [1.29, 1.82) is 0 Å². The molecule has 4 unspecified atom stereocenters. The molecule has 0 aliphatic heterocycles. The van der Waals surface area contributed by atoms with Gasteiger partial charge < -0.3 is 4.57 Å². The molecule has 0 saturated heterocycles. The predicted octanol–water partition coefficient (Wildman–Crippen LogP) is 13.8. The van der Waals surface area contributed by atoms with Crippen LogP contribution < -0.4 is 0 Å². The number of benzene rings is 2. The standard InChI is InChI=1S/C54H49N/c1-4-12-36(13-5-1)39-20-22-40(23-21-39)49-35-45-28-31-52-54(53(45)47-30-27-44(34-50(47)49)38-16-8-3-9-17-38)48-18-10-11-19-51(48)55(52)46-29-26-42-32-41(24-25-43(42)33-46)37-14-6-2-7-15-37/h1,3-6,8-10,12-18,20,22-23,27-28,30-33,35,39,44-45,53H,2,7,11,19,21,24-26,29,34H2. The Morgan fingerprint density at radius 1 is 0.600 bits per heavy atom.